The summed E-state index contributed by atoms with van der Waals surface area (Å²) in [7, 11) is 0. The molecule has 1 heterocycles. The number of aliphatic hydroxyl groups excluding tert-OH is 1. The summed E-state index contributed by atoms with van der Waals surface area (Å²) in [4.78, 5) is 5.47. The first-order chi connectivity index (χ1) is 11.3. The van der Waals surface area contributed by atoms with E-state index >= 15 is 0 Å². The molecule has 1 unspecified atom stereocenters. The lowest BCUT2D eigenvalue weighted by Gasteiger charge is -2.24. The Hall–Kier alpha value is -1.05. The standard InChI is InChI=1S/C18H24N2O2S2/c1-13-7-5-8-14(11-20-24(22)18(2,3)4)16(13)23-17-15(12-21)9-6-10-19-17/h5-10,20-21H,11-12H2,1-4H3. The van der Waals surface area contributed by atoms with Gasteiger partial charge in [-0.15, -0.1) is 4.72 Å². The van der Waals surface area contributed by atoms with E-state index in [0.29, 0.717) is 6.54 Å². The average molecular weight is 365 g/mol. The molecule has 2 N–H and O–H groups in total. The van der Waals surface area contributed by atoms with Crippen LogP contribution in [0.1, 0.15) is 37.5 Å². The van der Waals surface area contributed by atoms with Crippen LogP contribution in [0.3, 0.4) is 0 Å². The number of nitrogens with one attached hydrogen (secondary N) is 1. The van der Waals surface area contributed by atoms with E-state index in [1.807, 2.05) is 58.0 Å². The maximum atomic E-state index is 12.2. The Kier molecular flexibility index (Phi) is 6.71. The number of hydrogen-bond acceptors (Lipinski definition) is 5. The third-order valence-corrected chi connectivity index (χ3v) is 6.33. The van der Waals surface area contributed by atoms with Gasteiger partial charge >= 0.3 is 0 Å². The SMILES string of the molecule is Cc1cccc(CN[S+]([O-])C(C)(C)C)c1Sc1ncccc1CO. The lowest BCUT2D eigenvalue weighted by Crippen LogP contribution is -2.39. The van der Waals surface area contributed by atoms with Crippen LogP contribution in [0.15, 0.2) is 46.5 Å². The van der Waals surface area contributed by atoms with Crippen LogP contribution in [-0.2, 0) is 24.5 Å². The van der Waals surface area contributed by atoms with Gasteiger partial charge in [-0.1, -0.05) is 36.0 Å². The third-order valence-electron chi connectivity index (χ3n) is 3.46. The van der Waals surface area contributed by atoms with Gasteiger partial charge in [0.1, 0.15) is 9.77 Å². The van der Waals surface area contributed by atoms with Crippen molar-refractivity contribution in [3.05, 3.63) is 53.2 Å². The summed E-state index contributed by atoms with van der Waals surface area (Å²) in [6.07, 6.45) is 1.73. The van der Waals surface area contributed by atoms with Crippen molar-refractivity contribution in [1.29, 1.82) is 0 Å². The molecule has 0 bridgehead atoms. The van der Waals surface area contributed by atoms with Crippen LogP contribution in [0, 0.1) is 6.92 Å². The zero-order chi connectivity index (χ0) is 17.7. The van der Waals surface area contributed by atoms with E-state index in [-0.39, 0.29) is 11.4 Å². The molecule has 0 spiro atoms. The summed E-state index contributed by atoms with van der Waals surface area (Å²) in [5.74, 6) is 0. The molecule has 130 valence electrons. The Labute approximate surface area is 151 Å². The van der Waals surface area contributed by atoms with Crippen LogP contribution >= 0.6 is 11.8 Å². The summed E-state index contributed by atoms with van der Waals surface area (Å²) in [5.41, 5.74) is 3.02. The molecule has 4 nitrogen and oxygen atoms in total. The molecule has 1 atom stereocenters. The van der Waals surface area contributed by atoms with Crippen molar-refractivity contribution >= 4 is 23.1 Å². The van der Waals surface area contributed by atoms with Crippen LogP contribution < -0.4 is 4.72 Å². The number of nitrogens with zero attached hydrogens (tertiary/aromatic N) is 1. The third kappa shape index (κ3) is 4.97. The molecular formula is C18H24N2O2S2. The zero-order valence-electron chi connectivity index (χ0n) is 14.5. The number of benzene rings is 1. The number of pyridine rings is 1. The van der Waals surface area contributed by atoms with E-state index in [9.17, 15) is 9.66 Å². The smallest absolute Gasteiger partial charge is 0.136 e. The van der Waals surface area contributed by atoms with Crippen molar-refractivity contribution in [2.24, 2.45) is 0 Å². The molecule has 2 rings (SSSR count). The fraction of sp³-hybridized carbons (Fsp3) is 0.389. The molecule has 6 heteroatoms. The predicted molar refractivity (Wildman–Crippen MR) is 100 cm³/mol. The number of aryl methyl sites for hydroxylation is 1. The quantitative estimate of drug-likeness (QED) is 0.767. The van der Waals surface area contributed by atoms with E-state index in [1.165, 1.54) is 0 Å². The molecule has 0 radical (unpaired) electrons. The molecule has 2 aromatic rings. The Morgan fingerprint density at radius 1 is 1.21 bits per heavy atom. The molecule has 24 heavy (non-hydrogen) atoms. The first-order valence-corrected chi connectivity index (χ1v) is 9.76. The molecule has 0 amide bonds. The zero-order valence-corrected chi connectivity index (χ0v) is 16.1. The van der Waals surface area contributed by atoms with E-state index in [2.05, 4.69) is 9.71 Å². The van der Waals surface area contributed by atoms with Crippen LogP contribution in [0.25, 0.3) is 0 Å². The molecule has 0 aliphatic carbocycles. The predicted octanol–water partition coefficient (Wildman–Crippen LogP) is 3.59. The number of rotatable bonds is 6. The molecule has 1 aromatic heterocycles. The van der Waals surface area contributed by atoms with Gasteiger partial charge < -0.3 is 9.66 Å². The van der Waals surface area contributed by atoms with Gasteiger partial charge in [-0.05, 0) is 44.9 Å². The van der Waals surface area contributed by atoms with Gasteiger partial charge in [-0.3, -0.25) is 0 Å². The molecule has 0 saturated carbocycles. The minimum atomic E-state index is -1.12. The van der Waals surface area contributed by atoms with Crippen LogP contribution in [0.5, 0.6) is 0 Å². The van der Waals surface area contributed by atoms with Crippen molar-refractivity contribution in [1.82, 2.24) is 9.71 Å². The molecule has 0 aliphatic heterocycles. The van der Waals surface area contributed by atoms with E-state index in [4.69, 9.17) is 0 Å². The monoisotopic (exact) mass is 364 g/mol. The highest BCUT2D eigenvalue weighted by Gasteiger charge is 2.26. The van der Waals surface area contributed by atoms with Gasteiger partial charge in [0, 0.05) is 28.0 Å². The summed E-state index contributed by atoms with van der Waals surface area (Å²) < 4.78 is 15.0. The fourth-order valence-corrected chi connectivity index (χ4v) is 3.88. The van der Waals surface area contributed by atoms with E-state index < -0.39 is 11.4 Å². The van der Waals surface area contributed by atoms with Crippen molar-refractivity contribution in [2.75, 3.05) is 0 Å². The fourth-order valence-electron chi connectivity index (χ4n) is 2.09. The molecular weight excluding hydrogens is 340 g/mol. The first-order valence-electron chi connectivity index (χ1n) is 7.79. The second-order valence-corrected chi connectivity index (χ2v) is 9.54. The summed E-state index contributed by atoms with van der Waals surface area (Å²) >= 11 is 0.421. The second-order valence-electron chi connectivity index (χ2n) is 6.49. The summed E-state index contributed by atoms with van der Waals surface area (Å²) in [6.45, 7) is 8.38. The van der Waals surface area contributed by atoms with Gasteiger partial charge in [-0.25, -0.2) is 4.98 Å². The molecule has 1 aromatic carbocycles. The minimum Gasteiger partial charge on any atom is -0.598 e. The Balaban J connectivity index is 2.24. The highest BCUT2D eigenvalue weighted by atomic mass is 32.2. The van der Waals surface area contributed by atoms with Crippen molar-refractivity contribution in [3.8, 4) is 0 Å². The van der Waals surface area contributed by atoms with Crippen LogP contribution in [0.4, 0.5) is 0 Å². The van der Waals surface area contributed by atoms with E-state index in [0.717, 1.165) is 26.6 Å². The maximum Gasteiger partial charge on any atom is 0.136 e. The molecule has 0 saturated heterocycles. The Morgan fingerprint density at radius 3 is 2.58 bits per heavy atom. The Bertz CT molecular complexity index is 687. The minimum absolute atomic E-state index is 0.0380. The molecule has 0 aliphatic rings. The lowest BCUT2D eigenvalue weighted by molar-refractivity contribution is 0.278. The van der Waals surface area contributed by atoms with Crippen LogP contribution in [-0.4, -0.2) is 19.4 Å². The van der Waals surface area contributed by atoms with E-state index in [1.54, 1.807) is 18.0 Å². The van der Waals surface area contributed by atoms with Gasteiger partial charge in [-0.2, -0.15) is 0 Å². The number of hydrogen-bond donors (Lipinski definition) is 2. The largest absolute Gasteiger partial charge is 0.598 e. The normalized spacial score (nSPS) is 13.1. The van der Waals surface area contributed by atoms with Gasteiger partial charge in [0.25, 0.3) is 0 Å². The first kappa shape index (κ1) is 19.3. The van der Waals surface area contributed by atoms with Crippen molar-refractivity contribution < 1.29 is 9.66 Å². The van der Waals surface area contributed by atoms with Gasteiger partial charge in [0.05, 0.1) is 13.2 Å². The van der Waals surface area contributed by atoms with Gasteiger partial charge in [0.2, 0.25) is 0 Å². The number of aromatic nitrogens is 1. The number of aliphatic hydroxyl groups is 1. The Morgan fingerprint density at radius 2 is 1.92 bits per heavy atom. The summed E-state index contributed by atoms with van der Waals surface area (Å²) in [6, 6.07) is 9.78. The van der Waals surface area contributed by atoms with Crippen molar-refractivity contribution in [2.45, 2.75) is 55.5 Å². The van der Waals surface area contributed by atoms with Crippen molar-refractivity contribution in [3.63, 3.8) is 0 Å². The highest BCUT2D eigenvalue weighted by molar-refractivity contribution is 7.99. The topological polar surface area (TPSA) is 68.2 Å². The summed E-state index contributed by atoms with van der Waals surface area (Å²) in [5, 5.41) is 10.3. The van der Waals surface area contributed by atoms with Crippen LogP contribution in [0.2, 0.25) is 0 Å². The second kappa shape index (κ2) is 8.36. The van der Waals surface area contributed by atoms with Gasteiger partial charge in [0.15, 0.2) is 0 Å². The average Bonchev–Trinajstić information content (AvgIpc) is 2.54. The maximum absolute atomic E-state index is 12.2. The lowest BCUT2D eigenvalue weighted by atomic mass is 10.1. The molecule has 0 fully saturated rings. The highest BCUT2D eigenvalue weighted by Crippen LogP contribution is 2.34.